The fourth-order valence-electron chi connectivity index (χ4n) is 2.95. The van der Waals surface area contributed by atoms with Gasteiger partial charge in [-0.3, -0.25) is 5.10 Å². The number of phenolic OH excluding ortho intramolecular Hbond substituents is 1. The molecule has 4 rings (SSSR count). The number of nitrogens with one attached hydrogen (secondary N) is 1. The molecule has 0 aliphatic rings. The molecule has 28 heavy (non-hydrogen) atoms. The number of hydrogen-bond donors (Lipinski definition) is 2. The number of H-pyrrole nitrogens is 1. The van der Waals surface area contributed by atoms with Gasteiger partial charge in [0.25, 0.3) is 0 Å². The third-order valence-corrected chi connectivity index (χ3v) is 4.81. The fraction of sp³-hybridized carbons (Fsp3) is 0.0455. The van der Waals surface area contributed by atoms with E-state index in [4.69, 9.17) is 27.9 Å². The SMILES string of the molecule is Oc1cc(OCc2cccc(Cl)c2)ccc1-c1[nH]ncc1-c1ccc(Cl)cc1. The lowest BCUT2D eigenvalue weighted by Gasteiger charge is -2.10. The highest BCUT2D eigenvalue weighted by molar-refractivity contribution is 6.30. The summed E-state index contributed by atoms with van der Waals surface area (Å²) >= 11 is 12.0. The molecule has 4 nitrogen and oxygen atoms in total. The van der Waals surface area contributed by atoms with Gasteiger partial charge >= 0.3 is 0 Å². The van der Waals surface area contributed by atoms with Crippen molar-refractivity contribution in [3.63, 3.8) is 0 Å². The molecule has 0 atom stereocenters. The van der Waals surface area contributed by atoms with Gasteiger partial charge in [-0.25, -0.2) is 0 Å². The van der Waals surface area contributed by atoms with E-state index in [-0.39, 0.29) is 5.75 Å². The van der Waals surface area contributed by atoms with E-state index < -0.39 is 0 Å². The minimum absolute atomic E-state index is 0.100. The highest BCUT2D eigenvalue weighted by Crippen LogP contribution is 2.37. The normalized spacial score (nSPS) is 10.8. The number of benzene rings is 3. The number of rotatable bonds is 5. The van der Waals surface area contributed by atoms with Crippen LogP contribution in [0.15, 0.2) is 72.9 Å². The van der Waals surface area contributed by atoms with Gasteiger partial charge in [0.15, 0.2) is 0 Å². The first-order chi connectivity index (χ1) is 13.6. The van der Waals surface area contributed by atoms with E-state index in [1.54, 1.807) is 18.3 Å². The van der Waals surface area contributed by atoms with Crippen LogP contribution in [0.5, 0.6) is 11.5 Å². The molecule has 0 saturated carbocycles. The summed E-state index contributed by atoms with van der Waals surface area (Å²) in [7, 11) is 0. The maximum absolute atomic E-state index is 10.5. The third kappa shape index (κ3) is 3.98. The van der Waals surface area contributed by atoms with E-state index in [1.807, 2.05) is 54.6 Å². The summed E-state index contributed by atoms with van der Waals surface area (Å²) in [6, 6.07) is 20.1. The number of aromatic hydroxyl groups is 1. The van der Waals surface area contributed by atoms with Crippen molar-refractivity contribution < 1.29 is 9.84 Å². The van der Waals surface area contributed by atoms with E-state index in [2.05, 4.69) is 10.2 Å². The molecular formula is C22H16Cl2N2O2. The average molecular weight is 411 g/mol. The van der Waals surface area contributed by atoms with Gasteiger partial charge in [-0.05, 0) is 47.5 Å². The third-order valence-electron chi connectivity index (χ3n) is 4.33. The fourth-order valence-corrected chi connectivity index (χ4v) is 3.28. The van der Waals surface area contributed by atoms with Crippen molar-refractivity contribution in [2.24, 2.45) is 0 Å². The zero-order chi connectivity index (χ0) is 19.5. The maximum Gasteiger partial charge on any atom is 0.128 e. The second-order valence-electron chi connectivity index (χ2n) is 6.26. The van der Waals surface area contributed by atoms with Gasteiger partial charge in [0.2, 0.25) is 0 Å². The van der Waals surface area contributed by atoms with E-state index in [0.29, 0.717) is 28.0 Å². The summed E-state index contributed by atoms with van der Waals surface area (Å²) in [5, 5.41) is 19.0. The Labute approximate surface area is 172 Å². The molecule has 0 bridgehead atoms. The van der Waals surface area contributed by atoms with Crippen LogP contribution < -0.4 is 4.74 Å². The second kappa shape index (κ2) is 7.97. The predicted octanol–water partition coefficient (Wildman–Crippen LogP) is 6.34. The Bertz CT molecular complexity index is 1110. The minimum atomic E-state index is 0.100. The Balaban J connectivity index is 1.57. The van der Waals surface area contributed by atoms with Gasteiger partial charge in [0, 0.05) is 27.2 Å². The summed E-state index contributed by atoms with van der Waals surface area (Å²) in [6.07, 6.45) is 1.72. The highest BCUT2D eigenvalue weighted by atomic mass is 35.5. The molecule has 0 aliphatic carbocycles. The van der Waals surface area contributed by atoms with Gasteiger partial charge in [-0.1, -0.05) is 47.5 Å². The van der Waals surface area contributed by atoms with E-state index in [9.17, 15) is 5.11 Å². The molecule has 4 aromatic rings. The van der Waals surface area contributed by atoms with Crippen molar-refractivity contribution >= 4 is 23.2 Å². The first-order valence-corrected chi connectivity index (χ1v) is 9.36. The zero-order valence-electron chi connectivity index (χ0n) is 14.7. The monoisotopic (exact) mass is 410 g/mol. The molecule has 0 aliphatic heterocycles. The van der Waals surface area contributed by atoms with Gasteiger partial charge < -0.3 is 9.84 Å². The Morgan fingerprint density at radius 3 is 2.46 bits per heavy atom. The molecule has 1 aromatic heterocycles. The van der Waals surface area contributed by atoms with Crippen LogP contribution in [0.4, 0.5) is 0 Å². The van der Waals surface area contributed by atoms with Crippen LogP contribution in [0, 0.1) is 0 Å². The number of halogens is 2. The highest BCUT2D eigenvalue weighted by Gasteiger charge is 2.14. The summed E-state index contributed by atoms with van der Waals surface area (Å²) in [5.74, 6) is 0.664. The number of phenols is 1. The lowest BCUT2D eigenvalue weighted by molar-refractivity contribution is 0.304. The predicted molar refractivity (Wildman–Crippen MR) is 112 cm³/mol. The Hall–Kier alpha value is -2.95. The topological polar surface area (TPSA) is 58.1 Å². The lowest BCUT2D eigenvalue weighted by Crippen LogP contribution is -1.95. The quantitative estimate of drug-likeness (QED) is 0.403. The summed E-state index contributed by atoms with van der Waals surface area (Å²) in [4.78, 5) is 0. The number of aromatic nitrogens is 2. The summed E-state index contributed by atoms with van der Waals surface area (Å²) in [6.45, 7) is 0.361. The van der Waals surface area contributed by atoms with Crippen molar-refractivity contribution in [1.82, 2.24) is 10.2 Å². The number of ether oxygens (including phenoxy) is 1. The molecule has 0 amide bonds. The van der Waals surface area contributed by atoms with E-state index in [0.717, 1.165) is 22.4 Å². The molecule has 0 radical (unpaired) electrons. The van der Waals surface area contributed by atoms with Crippen LogP contribution in [-0.4, -0.2) is 15.3 Å². The van der Waals surface area contributed by atoms with Gasteiger partial charge in [-0.2, -0.15) is 5.10 Å². The van der Waals surface area contributed by atoms with Crippen molar-refractivity contribution in [3.05, 3.63) is 88.5 Å². The molecule has 0 saturated heterocycles. The standard InChI is InChI=1S/C22H16Cl2N2O2/c23-16-6-4-15(5-7-16)20-12-25-26-22(20)19-9-8-18(11-21(19)27)28-13-14-2-1-3-17(24)10-14/h1-12,27H,13H2,(H,25,26). The first-order valence-electron chi connectivity index (χ1n) is 8.60. The minimum Gasteiger partial charge on any atom is -0.507 e. The smallest absolute Gasteiger partial charge is 0.128 e. The molecule has 0 fully saturated rings. The molecule has 6 heteroatoms. The maximum atomic E-state index is 10.5. The number of aromatic amines is 1. The molecule has 0 unspecified atom stereocenters. The first kappa shape index (κ1) is 18.4. The number of nitrogens with zero attached hydrogens (tertiary/aromatic N) is 1. The zero-order valence-corrected chi connectivity index (χ0v) is 16.2. The second-order valence-corrected chi connectivity index (χ2v) is 7.14. The van der Waals surface area contributed by atoms with Crippen molar-refractivity contribution in [2.45, 2.75) is 6.61 Å². The summed E-state index contributed by atoms with van der Waals surface area (Å²) < 4.78 is 5.77. The van der Waals surface area contributed by atoms with Crippen molar-refractivity contribution in [2.75, 3.05) is 0 Å². The Morgan fingerprint density at radius 1 is 0.893 bits per heavy atom. The average Bonchev–Trinajstić information content (AvgIpc) is 3.16. The van der Waals surface area contributed by atoms with E-state index >= 15 is 0 Å². The Morgan fingerprint density at radius 2 is 1.71 bits per heavy atom. The van der Waals surface area contributed by atoms with Gasteiger partial charge in [-0.15, -0.1) is 0 Å². The van der Waals surface area contributed by atoms with Crippen LogP contribution in [0.25, 0.3) is 22.4 Å². The Kier molecular flexibility index (Phi) is 5.24. The molecule has 140 valence electrons. The van der Waals surface area contributed by atoms with Crippen LogP contribution in [0.1, 0.15) is 5.56 Å². The molecule has 2 N–H and O–H groups in total. The van der Waals surface area contributed by atoms with Crippen LogP contribution in [0.2, 0.25) is 10.0 Å². The molecular weight excluding hydrogens is 395 g/mol. The van der Waals surface area contributed by atoms with Crippen LogP contribution >= 0.6 is 23.2 Å². The van der Waals surface area contributed by atoms with Crippen LogP contribution in [0.3, 0.4) is 0 Å². The molecule has 3 aromatic carbocycles. The lowest BCUT2D eigenvalue weighted by atomic mass is 10.0. The van der Waals surface area contributed by atoms with E-state index in [1.165, 1.54) is 0 Å². The largest absolute Gasteiger partial charge is 0.507 e. The van der Waals surface area contributed by atoms with Crippen molar-refractivity contribution in [1.29, 1.82) is 0 Å². The van der Waals surface area contributed by atoms with Gasteiger partial charge in [0.05, 0.1) is 11.9 Å². The summed E-state index contributed by atoms with van der Waals surface area (Å²) in [5.41, 5.74) is 4.14. The van der Waals surface area contributed by atoms with Gasteiger partial charge in [0.1, 0.15) is 18.1 Å². The van der Waals surface area contributed by atoms with Crippen molar-refractivity contribution in [3.8, 4) is 33.9 Å². The number of hydrogen-bond acceptors (Lipinski definition) is 3. The molecule has 0 spiro atoms. The van der Waals surface area contributed by atoms with Crippen LogP contribution in [-0.2, 0) is 6.61 Å². The molecule has 1 heterocycles.